The van der Waals surface area contributed by atoms with Crippen molar-refractivity contribution in [3.05, 3.63) is 0 Å². The lowest BCUT2D eigenvalue weighted by Crippen LogP contribution is -2.29. The Morgan fingerprint density at radius 3 is 2.67 bits per heavy atom. The molecule has 0 saturated carbocycles. The summed E-state index contributed by atoms with van der Waals surface area (Å²) < 4.78 is 15.2. The van der Waals surface area contributed by atoms with Crippen LogP contribution in [0.25, 0.3) is 0 Å². The van der Waals surface area contributed by atoms with Crippen LogP contribution >= 0.6 is 0 Å². The number of carbonyl (C=O) groups excluding carboxylic acids is 1. The predicted molar refractivity (Wildman–Crippen MR) is 35.9 cm³/mol. The number of ketones is 1. The maximum atomic E-state index is 11.1. The van der Waals surface area contributed by atoms with Crippen LogP contribution < -0.4 is 0 Å². The summed E-state index contributed by atoms with van der Waals surface area (Å²) in [5.41, 5.74) is 0. The lowest BCUT2D eigenvalue weighted by molar-refractivity contribution is -0.230. The molecule has 2 fully saturated rings. The van der Waals surface area contributed by atoms with Gasteiger partial charge in [0.1, 0.15) is 0 Å². The molecule has 2 saturated heterocycles. The maximum Gasteiger partial charge on any atom is 0.222 e. The summed E-state index contributed by atoms with van der Waals surface area (Å²) in [6.45, 7) is 3.38. The zero-order valence-electron chi connectivity index (χ0n) is 6.81. The second kappa shape index (κ2) is 2.26. The SMILES string of the molecule is CC1(C)OC2C(=O)[C@@H](O)O[C@@H]2O1. The van der Waals surface area contributed by atoms with Crippen molar-refractivity contribution in [2.24, 2.45) is 0 Å². The molecule has 0 radical (unpaired) electrons. The average molecular weight is 174 g/mol. The normalized spacial score (nSPS) is 44.9. The van der Waals surface area contributed by atoms with Gasteiger partial charge in [-0.25, -0.2) is 0 Å². The summed E-state index contributed by atoms with van der Waals surface area (Å²) in [7, 11) is 0. The maximum absolute atomic E-state index is 11.1. The molecule has 5 nitrogen and oxygen atoms in total. The van der Waals surface area contributed by atoms with Crippen molar-refractivity contribution in [3.8, 4) is 0 Å². The molecule has 2 rings (SSSR count). The van der Waals surface area contributed by atoms with E-state index in [4.69, 9.17) is 19.3 Å². The lowest BCUT2D eigenvalue weighted by atomic mass is 10.2. The van der Waals surface area contributed by atoms with Gasteiger partial charge in [0.15, 0.2) is 18.2 Å². The molecule has 2 aliphatic rings. The molecule has 1 N–H and O–H groups in total. The third-order valence-electron chi connectivity index (χ3n) is 1.84. The fourth-order valence-corrected chi connectivity index (χ4v) is 1.36. The largest absolute Gasteiger partial charge is 0.362 e. The van der Waals surface area contributed by atoms with E-state index in [0.29, 0.717) is 0 Å². The van der Waals surface area contributed by atoms with E-state index in [0.717, 1.165) is 0 Å². The van der Waals surface area contributed by atoms with Crippen molar-refractivity contribution < 1.29 is 24.1 Å². The van der Waals surface area contributed by atoms with Crippen molar-refractivity contribution in [2.45, 2.75) is 38.3 Å². The minimum absolute atomic E-state index is 0.467. The average Bonchev–Trinajstić information content (AvgIpc) is 2.33. The van der Waals surface area contributed by atoms with Crippen LogP contribution in [0.2, 0.25) is 0 Å². The van der Waals surface area contributed by atoms with Crippen molar-refractivity contribution in [1.82, 2.24) is 0 Å². The second-order valence-corrected chi connectivity index (χ2v) is 3.32. The van der Waals surface area contributed by atoms with Gasteiger partial charge in [-0.2, -0.15) is 0 Å². The Morgan fingerprint density at radius 1 is 1.42 bits per heavy atom. The van der Waals surface area contributed by atoms with E-state index in [9.17, 15) is 4.79 Å². The van der Waals surface area contributed by atoms with Gasteiger partial charge in [0, 0.05) is 0 Å². The number of Topliss-reactive ketones (excluding diaryl/α,β-unsaturated/α-hetero) is 1. The summed E-state index contributed by atoms with van der Waals surface area (Å²) in [5.74, 6) is -1.27. The number of aliphatic hydroxyl groups excluding tert-OH is 1. The highest BCUT2D eigenvalue weighted by atomic mass is 16.9. The van der Waals surface area contributed by atoms with E-state index >= 15 is 0 Å². The summed E-state index contributed by atoms with van der Waals surface area (Å²) >= 11 is 0. The van der Waals surface area contributed by atoms with Crippen LogP contribution in [0.4, 0.5) is 0 Å². The standard InChI is InChI=1S/C7H10O5/c1-7(2)11-4-3(8)5(9)10-6(4)12-7/h4-6,9H,1-2H3/t4?,5-,6+/m0/s1. The van der Waals surface area contributed by atoms with E-state index in [2.05, 4.69) is 0 Å². The Hall–Kier alpha value is -0.490. The summed E-state index contributed by atoms with van der Waals surface area (Å²) in [6, 6.07) is 0. The summed E-state index contributed by atoms with van der Waals surface area (Å²) in [6.07, 6.45) is -2.91. The molecule has 3 atom stereocenters. The summed E-state index contributed by atoms with van der Waals surface area (Å²) in [4.78, 5) is 11.1. The number of aliphatic hydroxyl groups is 1. The highest BCUT2D eigenvalue weighted by Gasteiger charge is 2.53. The molecule has 0 aliphatic carbocycles. The Balaban J connectivity index is 2.16. The van der Waals surface area contributed by atoms with Crippen LogP contribution in [-0.4, -0.2) is 35.4 Å². The molecule has 0 aromatic heterocycles. The Bertz CT molecular complexity index is 224. The van der Waals surface area contributed by atoms with Gasteiger partial charge in [-0.15, -0.1) is 0 Å². The molecule has 0 spiro atoms. The third-order valence-corrected chi connectivity index (χ3v) is 1.84. The zero-order valence-corrected chi connectivity index (χ0v) is 6.81. The minimum atomic E-state index is -1.39. The van der Waals surface area contributed by atoms with Crippen LogP contribution in [0.5, 0.6) is 0 Å². The van der Waals surface area contributed by atoms with Crippen LogP contribution in [0.3, 0.4) is 0 Å². The first kappa shape index (κ1) is 8.12. The van der Waals surface area contributed by atoms with E-state index < -0.39 is 30.3 Å². The van der Waals surface area contributed by atoms with Gasteiger partial charge in [0.05, 0.1) is 0 Å². The second-order valence-electron chi connectivity index (χ2n) is 3.32. The first-order valence-corrected chi connectivity index (χ1v) is 3.72. The Kier molecular flexibility index (Phi) is 1.53. The zero-order chi connectivity index (χ0) is 8.93. The van der Waals surface area contributed by atoms with Gasteiger partial charge >= 0.3 is 0 Å². The van der Waals surface area contributed by atoms with Crippen molar-refractivity contribution in [1.29, 1.82) is 0 Å². The highest BCUT2D eigenvalue weighted by molar-refractivity contribution is 5.88. The van der Waals surface area contributed by atoms with Crippen LogP contribution in [0.15, 0.2) is 0 Å². The molecular formula is C7H10O5. The van der Waals surface area contributed by atoms with E-state index in [1.54, 1.807) is 13.8 Å². The van der Waals surface area contributed by atoms with Crippen molar-refractivity contribution in [2.75, 3.05) is 0 Å². The van der Waals surface area contributed by atoms with Gasteiger partial charge < -0.3 is 19.3 Å². The fourth-order valence-electron chi connectivity index (χ4n) is 1.36. The van der Waals surface area contributed by atoms with Gasteiger partial charge in [0.2, 0.25) is 12.1 Å². The minimum Gasteiger partial charge on any atom is -0.362 e. The molecular weight excluding hydrogens is 164 g/mol. The molecule has 5 heteroatoms. The number of hydrogen-bond acceptors (Lipinski definition) is 5. The van der Waals surface area contributed by atoms with Crippen LogP contribution in [-0.2, 0) is 19.0 Å². The topological polar surface area (TPSA) is 65.0 Å². The molecule has 68 valence electrons. The quantitative estimate of drug-likeness (QED) is 0.530. The fraction of sp³-hybridized carbons (Fsp3) is 0.857. The van der Waals surface area contributed by atoms with Crippen molar-refractivity contribution in [3.63, 3.8) is 0 Å². The van der Waals surface area contributed by atoms with Gasteiger partial charge in [-0.05, 0) is 13.8 Å². The molecule has 1 unspecified atom stereocenters. The number of rotatable bonds is 0. The number of carbonyl (C=O) groups is 1. The molecule has 2 aliphatic heterocycles. The third kappa shape index (κ3) is 1.06. The van der Waals surface area contributed by atoms with E-state index in [-0.39, 0.29) is 0 Å². The number of ether oxygens (including phenoxy) is 3. The first-order valence-electron chi connectivity index (χ1n) is 3.72. The molecule has 0 amide bonds. The van der Waals surface area contributed by atoms with E-state index in [1.807, 2.05) is 0 Å². The van der Waals surface area contributed by atoms with Crippen molar-refractivity contribution >= 4 is 5.78 Å². The number of hydrogen-bond donors (Lipinski definition) is 1. The monoisotopic (exact) mass is 174 g/mol. The molecule has 0 aromatic rings. The molecule has 0 aromatic carbocycles. The molecule has 0 bridgehead atoms. The predicted octanol–water partition coefficient (Wildman–Crippen LogP) is -0.618. The van der Waals surface area contributed by atoms with Gasteiger partial charge in [-0.3, -0.25) is 4.79 Å². The molecule has 2 heterocycles. The first-order chi connectivity index (χ1) is 5.49. The number of fused-ring (bicyclic) bond motifs is 1. The Labute approximate surface area is 69.2 Å². The van der Waals surface area contributed by atoms with Crippen LogP contribution in [0.1, 0.15) is 13.8 Å². The highest BCUT2D eigenvalue weighted by Crippen LogP contribution is 2.34. The van der Waals surface area contributed by atoms with E-state index in [1.165, 1.54) is 0 Å². The lowest BCUT2D eigenvalue weighted by Gasteiger charge is -2.18. The van der Waals surface area contributed by atoms with Gasteiger partial charge in [0.25, 0.3) is 0 Å². The summed E-state index contributed by atoms with van der Waals surface area (Å²) in [5, 5.41) is 8.94. The smallest absolute Gasteiger partial charge is 0.222 e. The van der Waals surface area contributed by atoms with Crippen LogP contribution in [0, 0.1) is 0 Å². The molecule has 12 heavy (non-hydrogen) atoms. The Morgan fingerprint density at radius 2 is 2.08 bits per heavy atom. The van der Waals surface area contributed by atoms with Gasteiger partial charge in [-0.1, -0.05) is 0 Å².